The van der Waals surface area contributed by atoms with Crippen molar-refractivity contribution in [1.82, 2.24) is 0 Å². The lowest BCUT2D eigenvalue weighted by Gasteiger charge is -2.23. The Bertz CT molecular complexity index is 427. The van der Waals surface area contributed by atoms with E-state index in [1.165, 1.54) is 0 Å². The van der Waals surface area contributed by atoms with Crippen molar-refractivity contribution in [2.75, 3.05) is 5.32 Å². The Labute approximate surface area is 131 Å². The molecule has 0 saturated heterocycles. The van der Waals surface area contributed by atoms with Gasteiger partial charge in [0.2, 0.25) is 0 Å². The van der Waals surface area contributed by atoms with Crippen molar-refractivity contribution in [2.45, 2.75) is 66.6 Å². The fraction of sp³-hybridized carbons (Fsp3) is 0.647. The second kappa shape index (κ2) is 9.01. The summed E-state index contributed by atoms with van der Waals surface area (Å²) in [5.74, 6) is -0.858. The van der Waals surface area contributed by atoms with Crippen molar-refractivity contribution in [3.8, 4) is 0 Å². The SMILES string of the molecule is CC.CC.Cc1cc(NC(C2CC2)C(F)(F)F)cc(F)c1C. The van der Waals surface area contributed by atoms with Crippen LogP contribution in [0.15, 0.2) is 12.1 Å². The highest BCUT2D eigenvalue weighted by molar-refractivity contribution is 5.50. The van der Waals surface area contributed by atoms with Crippen molar-refractivity contribution >= 4 is 5.69 Å². The molecule has 0 amide bonds. The maximum absolute atomic E-state index is 13.5. The van der Waals surface area contributed by atoms with Crippen molar-refractivity contribution in [1.29, 1.82) is 0 Å². The Morgan fingerprint density at radius 1 is 1.05 bits per heavy atom. The van der Waals surface area contributed by atoms with Crippen molar-refractivity contribution in [3.05, 3.63) is 29.1 Å². The molecule has 1 aromatic rings. The van der Waals surface area contributed by atoms with Gasteiger partial charge in [-0.05, 0) is 55.9 Å². The summed E-state index contributed by atoms with van der Waals surface area (Å²) in [7, 11) is 0. The molecular formula is C17H27F4N. The molecule has 22 heavy (non-hydrogen) atoms. The maximum Gasteiger partial charge on any atom is 0.408 e. The van der Waals surface area contributed by atoms with Gasteiger partial charge in [0.1, 0.15) is 11.9 Å². The highest BCUT2D eigenvalue weighted by Gasteiger charge is 2.48. The highest BCUT2D eigenvalue weighted by atomic mass is 19.4. The van der Waals surface area contributed by atoms with Gasteiger partial charge in [0.15, 0.2) is 0 Å². The largest absolute Gasteiger partial charge is 0.408 e. The van der Waals surface area contributed by atoms with E-state index in [1.807, 2.05) is 27.7 Å². The van der Waals surface area contributed by atoms with E-state index < -0.39 is 18.0 Å². The first-order chi connectivity index (χ1) is 10.3. The number of anilines is 1. The molecule has 5 heteroatoms. The monoisotopic (exact) mass is 321 g/mol. The maximum atomic E-state index is 13.5. The van der Waals surface area contributed by atoms with Crippen molar-refractivity contribution < 1.29 is 17.6 Å². The number of hydrogen-bond acceptors (Lipinski definition) is 1. The number of alkyl halides is 3. The van der Waals surface area contributed by atoms with Gasteiger partial charge in [-0.2, -0.15) is 13.2 Å². The number of rotatable bonds is 3. The summed E-state index contributed by atoms with van der Waals surface area (Å²) in [5, 5.41) is 2.42. The van der Waals surface area contributed by atoms with Gasteiger partial charge in [-0.1, -0.05) is 27.7 Å². The second-order valence-corrected chi connectivity index (χ2v) is 4.90. The first kappa shape index (κ1) is 20.7. The lowest BCUT2D eigenvalue weighted by molar-refractivity contribution is -0.146. The third-order valence-corrected chi connectivity index (χ3v) is 3.37. The van der Waals surface area contributed by atoms with Gasteiger partial charge < -0.3 is 5.32 Å². The molecule has 1 N–H and O–H groups in total. The molecule has 1 fully saturated rings. The number of benzene rings is 1. The van der Waals surface area contributed by atoms with Crippen LogP contribution in [0.3, 0.4) is 0 Å². The average molecular weight is 321 g/mol. The van der Waals surface area contributed by atoms with Crippen LogP contribution in [-0.4, -0.2) is 12.2 Å². The minimum Gasteiger partial charge on any atom is -0.374 e. The van der Waals surface area contributed by atoms with Crippen LogP contribution >= 0.6 is 0 Å². The van der Waals surface area contributed by atoms with Crippen LogP contribution in [0.25, 0.3) is 0 Å². The van der Waals surface area contributed by atoms with Crippen LogP contribution in [0.4, 0.5) is 23.2 Å². The standard InChI is InChI=1S/C13H15F4N.2C2H6/c1-7-5-10(6-11(14)8(7)2)18-12(9-3-4-9)13(15,16)17;2*1-2/h5-6,9,12,18H,3-4H2,1-2H3;2*1-2H3. The fourth-order valence-corrected chi connectivity index (χ4v) is 1.98. The van der Waals surface area contributed by atoms with E-state index in [2.05, 4.69) is 5.32 Å². The summed E-state index contributed by atoms with van der Waals surface area (Å²) >= 11 is 0. The Morgan fingerprint density at radius 2 is 1.55 bits per heavy atom. The summed E-state index contributed by atoms with van der Waals surface area (Å²) < 4.78 is 51.9. The average Bonchev–Trinajstić information content (AvgIpc) is 3.29. The second-order valence-electron chi connectivity index (χ2n) is 4.90. The third-order valence-electron chi connectivity index (χ3n) is 3.37. The van der Waals surface area contributed by atoms with Crippen molar-refractivity contribution in [2.24, 2.45) is 5.92 Å². The van der Waals surface area contributed by atoms with Gasteiger partial charge in [0.05, 0.1) is 0 Å². The lowest BCUT2D eigenvalue weighted by atomic mass is 10.1. The van der Waals surface area contributed by atoms with Crippen LogP contribution in [0.1, 0.15) is 51.7 Å². The number of halogens is 4. The van der Waals surface area contributed by atoms with Gasteiger partial charge in [-0.15, -0.1) is 0 Å². The molecule has 0 heterocycles. The van der Waals surface area contributed by atoms with E-state index in [4.69, 9.17) is 0 Å². The molecule has 1 nitrogen and oxygen atoms in total. The predicted molar refractivity (Wildman–Crippen MR) is 84.8 cm³/mol. The Balaban J connectivity index is 0.00000102. The minimum atomic E-state index is -4.30. The first-order valence-corrected chi connectivity index (χ1v) is 7.89. The molecular weight excluding hydrogens is 294 g/mol. The Morgan fingerprint density at radius 3 is 1.91 bits per heavy atom. The van der Waals surface area contributed by atoms with Gasteiger partial charge >= 0.3 is 6.18 Å². The van der Waals surface area contributed by atoms with Gasteiger partial charge in [-0.25, -0.2) is 4.39 Å². The molecule has 1 aliphatic carbocycles. The molecule has 128 valence electrons. The summed E-state index contributed by atoms with van der Waals surface area (Å²) in [4.78, 5) is 0. The topological polar surface area (TPSA) is 12.0 Å². The van der Waals surface area contributed by atoms with E-state index in [-0.39, 0.29) is 11.6 Å². The van der Waals surface area contributed by atoms with Crippen molar-refractivity contribution in [3.63, 3.8) is 0 Å². The zero-order valence-electron chi connectivity index (χ0n) is 14.2. The summed E-state index contributed by atoms with van der Waals surface area (Å²) in [6.45, 7) is 11.3. The molecule has 0 spiro atoms. The minimum absolute atomic E-state index is 0.199. The van der Waals surface area contributed by atoms with E-state index >= 15 is 0 Å². The Kier molecular flexibility index (Phi) is 8.49. The van der Waals surface area contributed by atoms with E-state index in [0.717, 1.165) is 6.07 Å². The van der Waals surface area contributed by atoms with Crippen LogP contribution in [0, 0.1) is 25.6 Å². The molecule has 1 aliphatic rings. The summed E-state index contributed by atoms with van der Waals surface area (Å²) in [6, 6.07) is 1.11. The van der Waals surface area contributed by atoms with Crippen LogP contribution in [0.2, 0.25) is 0 Å². The van der Waals surface area contributed by atoms with E-state index in [9.17, 15) is 17.6 Å². The number of nitrogens with one attached hydrogen (secondary N) is 1. The van der Waals surface area contributed by atoms with E-state index in [1.54, 1.807) is 19.9 Å². The third kappa shape index (κ3) is 5.85. The molecule has 0 aromatic heterocycles. The molecule has 1 atom stereocenters. The Hall–Kier alpha value is -1.26. The lowest BCUT2D eigenvalue weighted by Crippen LogP contribution is -2.38. The molecule has 0 aliphatic heterocycles. The van der Waals surface area contributed by atoms with Crippen LogP contribution in [-0.2, 0) is 0 Å². The fourth-order valence-electron chi connectivity index (χ4n) is 1.98. The smallest absolute Gasteiger partial charge is 0.374 e. The molecule has 1 saturated carbocycles. The van der Waals surface area contributed by atoms with Crippen LogP contribution in [0.5, 0.6) is 0 Å². The molecule has 2 rings (SSSR count). The number of aryl methyl sites for hydroxylation is 1. The van der Waals surface area contributed by atoms with E-state index in [0.29, 0.717) is 24.0 Å². The zero-order valence-corrected chi connectivity index (χ0v) is 14.2. The highest BCUT2D eigenvalue weighted by Crippen LogP contribution is 2.41. The molecule has 0 bridgehead atoms. The molecule has 1 unspecified atom stereocenters. The van der Waals surface area contributed by atoms with Crippen LogP contribution < -0.4 is 5.32 Å². The van der Waals surface area contributed by atoms with Gasteiger partial charge in [-0.3, -0.25) is 0 Å². The predicted octanol–water partition coefficient (Wildman–Crippen LogP) is 6.25. The quantitative estimate of drug-likeness (QED) is 0.649. The summed E-state index contributed by atoms with van der Waals surface area (Å²) in [5.41, 5.74) is 1.31. The summed E-state index contributed by atoms with van der Waals surface area (Å²) in [6.07, 6.45) is -3.15. The normalized spacial score (nSPS) is 15.0. The molecule has 0 radical (unpaired) electrons. The first-order valence-electron chi connectivity index (χ1n) is 7.89. The van der Waals surface area contributed by atoms with Gasteiger partial charge in [0.25, 0.3) is 0 Å². The number of hydrogen-bond donors (Lipinski definition) is 1. The molecule has 1 aromatic carbocycles. The zero-order chi connectivity index (χ0) is 17.5. The van der Waals surface area contributed by atoms with Gasteiger partial charge in [0, 0.05) is 5.69 Å².